The molecule has 0 aromatic heterocycles. The number of rotatable bonds is 5. The molecule has 4 heteroatoms. The Morgan fingerprint density at radius 1 is 1.00 bits per heavy atom. The minimum atomic E-state index is 0.111. The van der Waals surface area contributed by atoms with Gasteiger partial charge in [0, 0.05) is 21.1 Å². The van der Waals surface area contributed by atoms with Crippen LogP contribution in [0.5, 0.6) is 0 Å². The Morgan fingerprint density at radius 3 is 2.38 bits per heavy atom. The molecule has 112 valence electrons. The van der Waals surface area contributed by atoms with E-state index in [1.54, 1.807) is 6.07 Å². The van der Waals surface area contributed by atoms with Crippen molar-refractivity contribution in [2.45, 2.75) is 26.3 Å². The van der Waals surface area contributed by atoms with Crippen LogP contribution in [0.25, 0.3) is 0 Å². The molecule has 21 heavy (non-hydrogen) atoms. The van der Waals surface area contributed by atoms with Crippen LogP contribution < -0.4 is 5.32 Å². The van der Waals surface area contributed by atoms with Gasteiger partial charge in [-0.05, 0) is 54.8 Å². The summed E-state index contributed by atoms with van der Waals surface area (Å²) >= 11 is 18.7. The van der Waals surface area contributed by atoms with Crippen LogP contribution >= 0.6 is 34.8 Å². The maximum Gasteiger partial charge on any atom is 0.0468 e. The predicted octanol–water partition coefficient (Wildman–Crippen LogP) is 5.85. The molecule has 2 aromatic carbocycles. The van der Waals surface area contributed by atoms with Gasteiger partial charge in [-0.1, -0.05) is 59.9 Å². The van der Waals surface area contributed by atoms with Crippen LogP contribution in [0, 0.1) is 6.92 Å². The fraction of sp³-hybridized carbons (Fsp3) is 0.294. The summed E-state index contributed by atoms with van der Waals surface area (Å²) in [5, 5.41) is 5.58. The molecular weight excluding hydrogens is 325 g/mol. The van der Waals surface area contributed by atoms with Crippen molar-refractivity contribution in [1.29, 1.82) is 0 Å². The fourth-order valence-electron chi connectivity index (χ4n) is 2.36. The van der Waals surface area contributed by atoms with Crippen molar-refractivity contribution in [2.75, 3.05) is 6.54 Å². The first-order valence-electron chi connectivity index (χ1n) is 6.94. The van der Waals surface area contributed by atoms with Gasteiger partial charge < -0.3 is 5.32 Å². The highest BCUT2D eigenvalue weighted by molar-refractivity contribution is 6.35. The summed E-state index contributed by atoms with van der Waals surface area (Å²) in [6.07, 6.45) is 0.786. The first kappa shape index (κ1) is 16.6. The Morgan fingerprint density at radius 2 is 1.76 bits per heavy atom. The van der Waals surface area contributed by atoms with Crippen LogP contribution in [0.3, 0.4) is 0 Å². The second kappa shape index (κ2) is 7.51. The lowest BCUT2D eigenvalue weighted by atomic mass is 9.98. The number of nitrogens with one attached hydrogen (secondary N) is 1. The lowest BCUT2D eigenvalue weighted by Crippen LogP contribution is -2.23. The number of hydrogen-bond acceptors (Lipinski definition) is 1. The van der Waals surface area contributed by atoms with E-state index in [0.717, 1.165) is 34.7 Å². The summed E-state index contributed by atoms with van der Waals surface area (Å²) in [7, 11) is 0. The summed E-state index contributed by atoms with van der Waals surface area (Å²) in [5.41, 5.74) is 3.31. The summed E-state index contributed by atoms with van der Waals surface area (Å²) in [6, 6.07) is 11.9. The molecule has 0 bridgehead atoms. The van der Waals surface area contributed by atoms with Crippen molar-refractivity contribution >= 4 is 34.8 Å². The molecule has 0 amide bonds. The Kier molecular flexibility index (Phi) is 5.95. The molecule has 1 nitrogen and oxygen atoms in total. The van der Waals surface area contributed by atoms with Crippen molar-refractivity contribution in [3.05, 3.63) is 68.2 Å². The van der Waals surface area contributed by atoms with Gasteiger partial charge >= 0.3 is 0 Å². The van der Waals surface area contributed by atoms with E-state index in [-0.39, 0.29) is 6.04 Å². The van der Waals surface area contributed by atoms with Gasteiger partial charge in [-0.25, -0.2) is 0 Å². The maximum absolute atomic E-state index is 6.34. The summed E-state index contributed by atoms with van der Waals surface area (Å²) in [5.74, 6) is 0. The van der Waals surface area contributed by atoms with E-state index in [2.05, 4.69) is 24.4 Å². The zero-order valence-corrected chi connectivity index (χ0v) is 14.4. The standard InChI is InChI=1S/C17H18Cl3N/c1-3-21-17(14-7-6-13(18)10-16(14)20)9-12-5-4-11(2)8-15(12)19/h4-8,10,17,21H,3,9H2,1-2H3. The molecule has 0 aliphatic rings. The molecule has 0 spiro atoms. The maximum atomic E-state index is 6.34. The fourth-order valence-corrected chi connectivity index (χ4v) is 3.21. The Balaban J connectivity index is 2.30. The van der Waals surface area contributed by atoms with E-state index in [9.17, 15) is 0 Å². The highest BCUT2D eigenvalue weighted by Crippen LogP contribution is 2.30. The van der Waals surface area contributed by atoms with Crippen LogP contribution in [-0.4, -0.2) is 6.54 Å². The number of aryl methyl sites for hydroxylation is 1. The topological polar surface area (TPSA) is 12.0 Å². The van der Waals surface area contributed by atoms with Gasteiger partial charge in [0.1, 0.15) is 0 Å². The van der Waals surface area contributed by atoms with E-state index < -0.39 is 0 Å². The first-order chi connectivity index (χ1) is 10.0. The van der Waals surface area contributed by atoms with Gasteiger partial charge in [-0.3, -0.25) is 0 Å². The average molecular weight is 343 g/mol. The molecule has 0 aliphatic heterocycles. The van der Waals surface area contributed by atoms with E-state index >= 15 is 0 Å². The van der Waals surface area contributed by atoms with Gasteiger partial charge in [-0.15, -0.1) is 0 Å². The lowest BCUT2D eigenvalue weighted by molar-refractivity contribution is 0.550. The van der Waals surface area contributed by atoms with Crippen LogP contribution in [0.4, 0.5) is 0 Å². The Labute approximate surface area is 141 Å². The highest BCUT2D eigenvalue weighted by Gasteiger charge is 2.16. The summed E-state index contributed by atoms with van der Waals surface area (Å²) in [6.45, 7) is 4.97. The molecule has 1 N–H and O–H groups in total. The molecule has 2 aromatic rings. The zero-order valence-electron chi connectivity index (χ0n) is 12.1. The smallest absolute Gasteiger partial charge is 0.0468 e. The van der Waals surface area contributed by atoms with Gasteiger partial charge in [-0.2, -0.15) is 0 Å². The monoisotopic (exact) mass is 341 g/mol. The molecule has 0 heterocycles. The second-order valence-corrected chi connectivity index (χ2v) is 6.33. The van der Waals surface area contributed by atoms with Crippen molar-refractivity contribution in [3.63, 3.8) is 0 Å². The quantitative estimate of drug-likeness (QED) is 0.719. The van der Waals surface area contributed by atoms with Crippen LogP contribution in [0.15, 0.2) is 36.4 Å². The van der Waals surface area contributed by atoms with E-state index in [4.69, 9.17) is 34.8 Å². The van der Waals surface area contributed by atoms with Crippen LogP contribution in [0.2, 0.25) is 15.1 Å². The van der Waals surface area contributed by atoms with Crippen LogP contribution in [-0.2, 0) is 6.42 Å². The largest absolute Gasteiger partial charge is 0.310 e. The molecule has 1 unspecified atom stereocenters. The minimum Gasteiger partial charge on any atom is -0.310 e. The molecule has 0 fully saturated rings. The molecule has 2 rings (SSSR count). The predicted molar refractivity (Wildman–Crippen MR) is 92.8 cm³/mol. The van der Waals surface area contributed by atoms with Gasteiger partial charge in [0.05, 0.1) is 0 Å². The number of benzene rings is 2. The second-order valence-electron chi connectivity index (χ2n) is 5.08. The van der Waals surface area contributed by atoms with Gasteiger partial charge in [0.15, 0.2) is 0 Å². The van der Waals surface area contributed by atoms with Crippen molar-refractivity contribution in [2.24, 2.45) is 0 Å². The van der Waals surface area contributed by atoms with E-state index in [1.165, 1.54) is 0 Å². The van der Waals surface area contributed by atoms with Crippen molar-refractivity contribution < 1.29 is 0 Å². The van der Waals surface area contributed by atoms with Crippen molar-refractivity contribution in [3.8, 4) is 0 Å². The normalized spacial score (nSPS) is 12.4. The minimum absolute atomic E-state index is 0.111. The Bertz CT molecular complexity index is 625. The third-order valence-corrected chi connectivity index (χ3v) is 4.34. The lowest BCUT2D eigenvalue weighted by Gasteiger charge is -2.20. The van der Waals surface area contributed by atoms with Crippen LogP contribution in [0.1, 0.15) is 29.7 Å². The highest BCUT2D eigenvalue weighted by atomic mass is 35.5. The summed E-state index contributed by atoms with van der Waals surface area (Å²) in [4.78, 5) is 0. The zero-order chi connectivity index (χ0) is 15.4. The number of likely N-dealkylation sites (N-methyl/N-ethyl adjacent to an activating group) is 1. The number of hydrogen-bond donors (Lipinski definition) is 1. The SMILES string of the molecule is CCNC(Cc1ccc(C)cc1Cl)c1ccc(Cl)cc1Cl. The Hall–Kier alpha value is -0.730. The van der Waals surface area contributed by atoms with Crippen molar-refractivity contribution in [1.82, 2.24) is 5.32 Å². The third kappa shape index (κ3) is 4.37. The molecule has 0 aliphatic carbocycles. The molecular formula is C17H18Cl3N. The van der Waals surface area contributed by atoms with Gasteiger partial charge in [0.2, 0.25) is 0 Å². The third-order valence-electron chi connectivity index (χ3n) is 3.42. The number of halogens is 3. The molecule has 1 atom stereocenters. The van der Waals surface area contributed by atoms with E-state index in [1.807, 2.05) is 25.1 Å². The summed E-state index contributed by atoms with van der Waals surface area (Å²) < 4.78 is 0. The van der Waals surface area contributed by atoms with E-state index in [0.29, 0.717) is 10.0 Å². The van der Waals surface area contributed by atoms with Gasteiger partial charge in [0.25, 0.3) is 0 Å². The molecule has 0 radical (unpaired) electrons. The molecule has 0 saturated carbocycles. The average Bonchev–Trinajstić information content (AvgIpc) is 2.41. The molecule has 0 saturated heterocycles. The first-order valence-corrected chi connectivity index (χ1v) is 8.08.